The average molecular weight is 245 g/mol. The predicted octanol–water partition coefficient (Wildman–Crippen LogP) is 1.54. The highest BCUT2D eigenvalue weighted by atomic mass is 16.5. The molecule has 1 rings (SSSR count). The van der Waals surface area contributed by atoms with Crippen molar-refractivity contribution in [3.8, 4) is 0 Å². The van der Waals surface area contributed by atoms with E-state index in [0.29, 0.717) is 38.6 Å². The standard InChI is InChI=1S/C13H27NO3/c1-4-12-10-13(11-14(12)3)17-9-8-16-7-6-15-5-2/h12-13H,4-11H2,1-3H3. The van der Waals surface area contributed by atoms with Gasteiger partial charge in [-0.3, -0.25) is 0 Å². The van der Waals surface area contributed by atoms with Gasteiger partial charge in [-0.15, -0.1) is 0 Å². The Hall–Kier alpha value is -0.160. The largest absolute Gasteiger partial charge is 0.379 e. The van der Waals surface area contributed by atoms with Gasteiger partial charge < -0.3 is 19.1 Å². The third-order valence-corrected chi connectivity index (χ3v) is 3.28. The van der Waals surface area contributed by atoms with Crippen molar-refractivity contribution in [3.05, 3.63) is 0 Å². The SMILES string of the molecule is CCOCCOCCOC1CC(CC)N(C)C1. The van der Waals surface area contributed by atoms with Crippen molar-refractivity contribution in [2.24, 2.45) is 0 Å². The molecule has 1 aliphatic heterocycles. The topological polar surface area (TPSA) is 30.9 Å². The van der Waals surface area contributed by atoms with Crippen molar-refractivity contribution in [2.45, 2.75) is 38.8 Å². The molecule has 0 spiro atoms. The molecule has 2 atom stereocenters. The van der Waals surface area contributed by atoms with Crippen molar-refractivity contribution in [3.63, 3.8) is 0 Å². The van der Waals surface area contributed by atoms with E-state index in [1.165, 1.54) is 6.42 Å². The molecule has 0 aliphatic carbocycles. The minimum absolute atomic E-state index is 0.389. The van der Waals surface area contributed by atoms with Crippen LogP contribution in [-0.2, 0) is 14.2 Å². The van der Waals surface area contributed by atoms with E-state index in [2.05, 4.69) is 18.9 Å². The average Bonchev–Trinajstić information content (AvgIpc) is 2.68. The molecule has 0 amide bonds. The second kappa shape index (κ2) is 8.86. The molecule has 1 saturated heterocycles. The van der Waals surface area contributed by atoms with Gasteiger partial charge in [-0.2, -0.15) is 0 Å². The summed E-state index contributed by atoms with van der Waals surface area (Å²) >= 11 is 0. The second-order valence-corrected chi connectivity index (χ2v) is 4.54. The fraction of sp³-hybridized carbons (Fsp3) is 1.00. The van der Waals surface area contributed by atoms with Crippen LogP contribution >= 0.6 is 0 Å². The van der Waals surface area contributed by atoms with E-state index in [1.54, 1.807) is 0 Å². The van der Waals surface area contributed by atoms with Crippen LogP contribution in [0.3, 0.4) is 0 Å². The Morgan fingerprint density at radius 1 is 1.06 bits per heavy atom. The summed E-state index contributed by atoms with van der Waals surface area (Å²) in [4.78, 5) is 2.39. The van der Waals surface area contributed by atoms with Gasteiger partial charge in [0.25, 0.3) is 0 Å². The molecular weight excluding hydrogens is 218 g/mol. The first kappa shape index (κ1) is 14.9. The van der Waals surface area contributed by atoms with Gasteiger partial charge in [0.2, 0.25) is 0 Å². The van der Waals surface area contributed by atoms with Crippen LogP contribution in [0.5, 0.6) is 0 Å². The molecule has 0 saturated carbocycles. The van der Waals surface area contributed by atoms with Crippen molar-refractivity contribution < 1.29 is 14.2 Å². The lowest BCUT2D eigenvalue weighted by Gasteiger charge is -2.15. The highest BCUT2D eigenvalue weighted by molar-refractivity contribution is 4.82. The fourth-order valence-electron chi connectivity index (χ4n) is 2.27. The summed E-state index contributed by atoms with van der Waals surface area (Å²) in [5.41, 5.74) is 0. The summed E-state index contributed by atoms with van der Waals surface area (Å²) in [6, 6.07) is 0.693. The third-order valence-electron chi connectivity index (χ3n) is 3.28. The monoisotopic (exact) mass is 245 g/mol. The van der Waals surface area contributed by atoms with Crippen LogP contribution in [0.1, 0.15) is 26.7 Å². The third kappa shape index (κ3) is 5.82. The summed E-state index contributed by atoms with van der Waals surface area (Å²) in [5.74, 6) is 0. The van der Waals surface area contributed by atoms with E-state index in [0.717, 1.165) is 19.6 Å². The number of likely N-dealkylation sites (N-methyl/N-ethyl adjacent to an activating group) is 1. The molecule has 4 nitrogen and oxygen atoms in total. The lowest BCUT2D eigenvalue weighted by atomic mass is 10.1. The van der Waals surface area contributed by atoms with Gasteiger partial charge in [0, 0.05) is 19.2 Å². The first-order valence-corrected chi connectivity index (χ1v) is 6.75. The molecular formula is C13H27NO3. The number of hydrogen-bond acceptors (Lipinski definition) is 4. The highest BCUT2D eigenvalue weighted by Crippen LogP contribution is 2.20. The Labute approximate surface area is 105 Å². The van der Waals surface area contributed by atoms with Gasteiger partial charge in [-0.05, 0) is 26.8 Å². The summed E-state index contributed by atoms with van der Waals surface area (Å²) in [6.07, 6.45) is 2.76. The highest BCUT2D eigenvalue weighted by Gasteiger charge is 2.28. The Bertz CT molecular complexity index is 190. The molecule has 0 aromatic rings. The fourth-order valence-corrected chi connectivity index (χ4v) is 2.27. The molecule has 1 aliphatic rings. The zero-order valence-corrected chi connectivity index (χ0v) is 11.5. The molecule has 0 bridgehead atoms. The Balaban J connectivity index is 1.93. The van der Waals surface area contributed by atoms with Crippen LogP contribution in [0.25, 0.3) is 0 Å². The van der Waals surface area contributed by atoms with Crippen LogP contribution in [0.4, 0.5) is 0 Å². The van der Waals surface area contributed by atoms with Crippen LogP contribution < -0.4 is 0 Å². The second-order valence-electron chi connectivity index (χ2n) is 4.54. The summed E-state index contributed by atoms with van der Waals surface area (Å²) in [5, 5.41) is 0. The molecule has 0 radical (unpaired) electrons. The van der Waals surface area contributed by atoms with Crippen LogP contribution in [0, 0.1) is 0 Å². The summed E-state index contributed by atoms with van der Waals surface area (Å²) in [7, 11) is 2.18. The molecule has 17 heavy (non-hydrogen) atoms. The molecule has 0 N–H and O–H groups in total. The van der Waals surface area contributed by atoms with E-state index in [-0.39, 0.29) is 0 Å². The predicted molar refractivity (Wildman–Crippen MR) is 68.4 cm³/mol. The number of ether oxygens (including phenoxy) is 3. The lowest BCUT2D eigenvalue weighted by molar-refractivity contribution is -0.00649. The smallest absolute Gasteiger partial charge is 0.0718 e. The number of likely N-dealkylation sites (tertiary alicyclic amines) is 1. The van der Waals surface area contributed by atoms with Crippen LogP contribution in [-0.4, -0.2) is 63.7 Å². The van der Waals surface area contributed by atoms with Crippen LogP contribution in [0.2, 0.25) is 0 Å². The molecule has 4 heteroatoms. The minimum atomic E-state index is 0.389. The molecule has 1 fully saturated rings. The van der Waals surface area contributed by atoms with E-state index in [9.17, 15) is 0 Å². The number of rotatable bonds is 9. The van der Waals surface area contributed by atoms with E-state index >= 15 is 0 Å². The van der Waals surface area contributed by atoms with Crippen molar-refractivity contribution in [1.82, 2.24) is 4.90 Å². The first-order valence-electron chi connectivity index (χ1n) is 6.75. The first-order chi connectivity index (χ1) is 8.27. The van der Waals surface area contributed by atoms with Crippen molar-refractivity contribution in [1.29, 1.82) is 0 Å². The molecule has 0 aromatic heterocycles. The van der Waals surface area contributed by atoms with E-state index in [1.807, 2.05) is 6.92 Å². The number of nitrogens with zero attached hydrogens (tertiary/aromatic N) is 1. The maximum absolute atomic E-state index is 5.80. The maximum atomic E-state index is 5.80. The van der Waals surface area contributed by atoms with Crippen LogP contribution in [0.15, 0.2) is 0 Å². The van der Waals surface area contributed by atoms with Gasteiger partial charge in [-0.1, -0.05) is 6.92 Å². The number of hydrogen-bond donors (Lipinski definition) is 0. The van der Waals surface area contributed by atoms with E-state index < -0.39 is 0 Å². The van der Waals surface area contributed by atoms with Gasteiger partial charge >= 0.3 is 0 Å². The van der Waals surface area contributed by atoms with Gasteiger partial charge in [0.15, 0.2) is 0 Å². The zero-order valence-electron chi connectivity index (χ0n) is 11.5. The quantitative estimate of drug-likeness (QED) is 0.577. The normalized spacial score (nSPS) is 25.6. The van der Waals surface area contributed by atoms with Gasteiger partial charge in [-0.25, -0.2) is 0 Å². The summed E-state index contributed by atoms with van der Waals surface area (Å²) in [6.45, 7) is 8.75. The Morgan fingerprint density at radius 2 is 1.76 bits per heavy atom. The molecule has 102 valence electrons. The molecule has 0 aromatic carbocycles. The minimum Gasteiger partial charge on any atom is -0.379 e. The van der Waals surface area contributed by atoms with Crippen molar-refractivity contribution >= 4 is 0 Å². The maximum Gasteiger partial charge on any atom is 0.0718 e. The van der Waals surface area contributed by atoms with E-state index in [4.69, 9.17) is 14.2 Å². The Morgan fingerprint density at radius 3 is 2.41 bits per heavy atom. The summed E-state index contributed by atoms with van der Waals surface area (Å²) < 4.78 is 16.4. The van der Waals surface area contributed by atoms with Gasteiger partial charge in [0.05, 0.1) is 32.5 Å². The molecule has 1 heterocycles. The Kier molecular flexibility index (Phi) is 7.77. The lowest BCUT2D eigenvalue weighted by Crippen LogP contribution is -2.24. The van der Waals surface area contributed by atoms with Crippen molar-refractivity contribution in [2.75, 3.05) is 46.6 Å². The zero-order chi connectivity index (χ0) is 12.5. The molecule has 2 unspecified atom stereocenters. The van der Waals surface area contributed by atoms with Gasteiger partial charge in [0.1, 0.15) is 0 Å².